The predicted molar refractivity (Wildman–Crippen MR) is 129 cm³/mol. The molecule has 0 radical (unpaired) electrons. The zero-order chi connectivity index (χ0) is 24.0. The summed E-state index contributed by atoms with van der Waals surface area (Å²) in [4.78, 5) is 24.9. The van der Waals surface area contributed by atoms with E-state index in [1.54, 1.807) is 28.9 Å². The summed E-state index contributed by atoms with van der Waals surface area (Å²) in [7, 11) is 0. The lowest BCUT2D eigenvalue weighted by molar-refractivity contribution is 0.0992. The van der Waals surface area contributed by atoms with Crippen molar-refractivity contribution in [3.8, 4) is 16.9 Å². The molecule has 9 heteroatoms. The van der Waals surface area contributed by atoms with Gasteiger partial charge in [0.15, 0.2) is 5.69 Å². The molecule has 0 saturated carbocycles. The van der Waals surface area contributed by atoms with E-state index in [4.69, 9.17) is 28.9 Å². The van der Waals surface area contributed by atoms with E-state index in [1.165, 1.54) is 18.2 Å². The van der Waals surface area contributed by atoms with Crippen LogP contribution in [0.25, 0.3) is 16.9 Å². The summed E-state index contributed by atoms with van der Waals surface area (Å²) in [5.74, 6) is -1.57. The van der Waals surface area contributed by atoms with Crippen LogP contribution in [0.2, 0.25) is 10.0 Å². The van der Waals surface area contributed by atoms with Crippen LogP contribution in [0.5, 0.6) is 0 Å². The second-order valence-corrected chi connectivity index (χ2v) is 8.67. The smallest absolute Gasteiger partial charge is 0.269 e. The van der Waals surface area contributed by atoms with Gasteiger partial charge in [0.2, 0.25) is 0 Å². The number of rotatable bonds is 4. The highest BCUT2D eigenvalue weighted by atomic mass is 35.5. The number of aryl methyl sites for hydroxylation is 1. The molecule has 170 valence electrons. The maximum atomic E-state index is 13.8. The Labute approximate surface area is 204 Å². The zero-order valence-corrected chi connectivity index (χ0v) is 19.1. The summed E-state index contributed by atoms with van der Waals surface area (Å²) in [6.45, 7) is 0. The van der Waals surface area contributed by atoms with Crippen molar-refractivity contribution in [3.63, 3.8) is 0 Å². The summed E-state index contributed by atoms with van der Waals surface area (Å²) in [6, 6.07) is 16.5. The highest BCUT2D eigenvalue weighted by Crippen LogP contribution is 2.39. The maximum absolute atomic E-state index is 13.8. The van der Waals surface area contributed by atoms with E-state index in [-0.39, 0.29) is 16.6 Å². The Morgan fingerprint density at radius 2 is 1.79 bits per heavy atom. The van der Waals surface area contributed by atoms with E-state index >= 15 is 0 Å². The van der Waals surface area contributed by atoms with Gasteiger partial charge in [0.05, 0.1) is 27.0 Å². The number of nitrogens with zero attached hydrogens (tertiary/aromatic N) is 2. The molecule has 3 aromatic carbocycles. The van der Waals surface area contributed by atoms with Crippen molar-refractivity contribution in [2.75, 3.05) is 5.32 Å². The minimum absolute atomic E-state index is 0.0702. The molecule has 6 nitrogen and oxygen atoms in total. The molecule has 4 aromatic rings. The maximum Gasteiger partial charge on any atom is 0.269 e. The van der Waals surface area contributed by atoms with Crippen molar-refractivity contribution in [1.82, 2.24) is 9.78 Å². The summed E-state index contributed by atoms with van der Waals surface area (Å²) in [6.07, 6.45) is 1.22. The predicted octanol–water partition coefficient (Wildman–Crippen LogP) is 5.44. The van der Waals surface area contributed by atoms with Crippen molar-refractivity contribution in [1.29, 1.82) is 0 Å². The third kappa shape index (κ3) is 3.83. The molecule has 0 atom stereocenters. The quantitative estimate of drug-likeness (QED) is 0.396. The monoisotopic (exact) mass is 494 g/mol. The van der Waals surface area contributed by atoms with Gasteiger partial charge in [-0.05, 0) is 60.9 Å². The first-order chi connectivity index (χ1) is 16.3. The van der Waals surface area contributed by atoms with Crippen LogP contribution in [0.3, 0.4) is 0 Å². The fourth-order valence-corrected chi connectivity index (χ4v) is 4.56. The molecule has 1 heterocycles. The molecule has 0 fully saturated rings. The summed E-state index contributed by atoms with van der Waals surface area (Å²) in [5.41, 5.74) is 10.2. The van der Waals surface area contributed by atoms with Crippen LogP contribution in [0.1, 0.15) is 32.0 Å². The lowest BCUT2D eigenvalue weighted by Gasteiger charge is -2.20. The van der Waals surface area contributed by atoms with Crippen LogP contribution < -0.4 is 11.1 Å². The number of primary amides is 1. The van der Waals surface area contributed by atoms with Gasteiger partial charge < -0.3 is 11.1 Å². The van der Waals surface area contributed by atoms with Crippen LogP contribution in [-0.2, 0) is 12.8 Å². The van der Waals surface area contributed by atoms with Crippen LogP contribution in [0, 0.1) is 5.82 Å². The lowest BCUT2D eigenvalue weighted by Crippen LogP contribution is -2.15. The Bertz CT molecular complexity index is 1480. The first-order valence-electron chi connectivity index (χ1n) is 10.4. The second kappa shape index (κ2) is 8.59. The number of carbonyl (C=O) groups excluding carboxylic acids is 2. The first kappa shape index (κ1) is 22.1. The van der Waals surface area contributed by atoms with Gasteiger partial charge in [-0.3, -0.25) is 9.59 Å². The Balaban J connectivity index is 1.62. The molecule has 5 rings (SSSR count). The number of benzene rings is 3. The van der Waals surface area contributed by atoms with Gasteiger partial charge in [-0.15, -0.1) is 0 Å². The van der Waals surface area contributed by atoms with Gasteiger partial charge >= 0.3 is 0 Å². The van der Waals surface area contributed by atoms with E-state index in [1.807, 2.05) is 18.2 Å². The molecule has 3 N–H and O–H groups in total. The average Bonchev–Trinajstić information content (AvgIpc) is 3.22. The SMILES string of the molecule is NC(=O)c1nn(-c2ccc(F)c(Cl)c2)c2c1CCc1ccc(NC(=O)c3ccccc3Cl)cc1-2. The van der Waals surface area contributed by atoms with Crippen LogP contribution >= 0.6 is 23.2 Å². The standard InChI is InChI=1S/C25H17Cl2FN4O2/c26-19-4-2-1-3-16(19)25(34)30-14-7-5-13-6-9-17-22(24(29)33)31-32(23(17)18(13)11-14)15-8-10-21(28)20(27)12-15/h1-5,7-8,10-12H,6,9H2,(H2,29,33)(H,30,34). The minimum Gasteiger partial charge on any atom is -0.364 e. The number of aromatic nitrogens is 2. The topological polar surface area (TPSA) is 90.0 Å². The fraction of sp³-hybridized carbons (Fsp3) is 0.0800. The number of carbonyl (C=O) groups is 2. The fourth-order valence-electron chi connectivity index (χ4n) is 4.16. The molecule has 0 spiro atoms. The third-order valence-electron chi connectivity index (χ3n) is 5.75. The number of anilines is 1. The van der Waals surface area contributed by atoms with Gasteiger partial charge in [0.1, 0.15) is 5.82 Å². The normalized spacial score (nSPS) is 12.1. The van der Waals surface area contributed by atoms with Gasteiger partial charge in [-0.25, -0.2) is 9.07 Å². The van der Waals surface area contributed by atoms with Crippen molar-refractivity contribution in [3.05, 3.63) is 98.9 Å². The van der Waals surface area contributed by atoms with Crippen molar-refractivity contribution in [2.45, 2.75) is 12.8 Å². The van der Waals surface area contributed by atoms with Crippen LogP contribution in [0.15, 0.2) is 60.7 Å². The molecule has 0 unspecified atom stereocenters. The van der Waals surface area contributed by atoms with Crippen LogP contribution in [0.4, 0.5) is 10.1 Å². The molecule has 1 aromatic heterocycles. The highest BCUT2D eigenvalue weighted by molar-refractivity contribution is 6.34. The number of halogens is 3. The second-order valence-electron chi connectivity index (χ2n) is 7.86. The molecular formula is C25H17Cl2FN4O2. The number of fused-ring (bicyclic) bond motifs is 3. The molecular weight excluding hydrogens is 478 g/mol. The highest BCUT2D eigenvalue weighted by Gasteiger charge is 2.28. The molecule has 0 aliphatic heterocycles. The Morgan fingerprint density at radius 1 is 1.00 bits per heavy atom. The Kier molecular flexibility index (Phi) is 5.59. The number of hydrogen-bond acceptors (Lipinski definition) is 3. The average molecular weight is 495 g/mol. The molecule has 1 aliphatic carbocycles. The van der Waals surface area contributed by atoms with Gasteiger partial charge in [-0.1, -0.05) is 41.4 Å². The molecule has 34 heavy (non-hydrogen) atoms. The summed E-state index contributed by atoms with van der Waals surface area (Å²) >= 11 is 12.2. The van der Waals surface area contributed by atoms with E-state index in [9.17, 15) is 14.0 Å². The third-order valence-corrected chi connectivity index (χ3v) is 6.37. The van der Waals surface area contributed by atoms with E-state index < -0.39 is 11.7 Å². The van der Waals surface area contributed by atoms with E-state index in [0.29, 0.717) is 46.1 Å². The van der Waals surface area contributed by atoms with Crippen molar-refractivity contribution in [2.24, 2.45) is 5.73 Å². The summed E-state index contributed by atoms with van der Waals surface area (Å²) in [5, 5.41) is 7.58. The van der Waals surface area contributed by atoms with Crippen molar-refractivity contribution < 1.29 is 14.0 Å². The number of amides is 2. The summed E-state index contributed by atoms with van der Waals surface area (Å²) < 4.78 is 15.3. The Morgan fingerprint density at radius 3 is 2.53 bits per heavy atom. The van der Waals surface area contributed by atoms with Gasteiger partial charge in [-0.2, -0.15) is 5.10 Å². The lowest BCUT2D eigenvalue weighted by atomic mass is 9.88. The van der Waals surface area contributed by atoms with E-state index in [0.717, 1.165) is 11.1 Å². The largest absolute Gasteiger partial charge is 0.364 e. The number of hydrogen-bond donors (Lipinski definition) is 2. The van der Waals surface area contributed by atoms with Crippen molar-refractivity contribution >= 4 is 40.7 Å². The molecule has 0 saturated heterocycles. The number of nitrogens with one attached hydrogen (secondary N) is 1. The first-order valence-corrected chi connectivity index (χ1v) is 11.2. The molecule has 1 aliphatic rings. The van der Waals surface area contributed by atoms with Crippen LogP contribution in [-0.4, -0.2) is 21.6 Å². The van der Waals surface area contributed by atoms with E-state index in [2.05, 4.69) is 10.4 Å². The molecule has 0 bridgehead atoms. The number of nitrogens with two attached hydrogens (primary N) is 1. The van der Waals surface area contributed by atoms with Gasteiger partial charge in [0.25, 0.3) is 11.8 Å². The molecule has 2 amide bonds. The van der Waals surface area contributed by atoms with Gasteiger partial charge in [0, 0.05) is 16.8 Å². The zero-order valence-electron chi connectivity index (χ0n) is 17.6. The minimum atomic E-state index is -0.658. The Hall–Kier alpha value is -3.68.